The summed E-state index contributed by atoms with van der Waals surface area (Å²) in [6, 6.07) is 11.7. The zero-order valence-electron chi connectivity index (χ0n) is 17.2. The van der Waals surface area contributed by atoms with Crippen molar-refractivity contribution in [2.24, 2.45) is 5.73 Å². The molecule has 0 aliphatic heterocycles. The molecule has 0 aliphatic carbocycles. The Morgan fingerprint density at radius 2 is 1.93 bits per heavy atom. The second kappa shape index (κ2) is 9.90. The summed E-state index contributed by atoms with van der Waals surface area (Å²) in [6.45, 7) is 6.38. The Labute approximate surface area is 184 Å². The van der Waals surface area contributed by atoms with Crippen molar-refractivity contribution in [3.8, 4) is 10.7 Å². The first-order valence-corrected chi connectivity index (χ1v) is 11.4. The van der Waals surface area contributed by atoms with Crippen LogP contribution >= 0.6 is 23.1 Å². The number of nitrogens with zero attached hydrogens (tertiary/aromatic N) is 3. The molecule has 1 atom stereocenters. The Kier molecular flexibility index (Phi) is 7.28. The van der Waals surface area contributed by atoms with Crippen LogP contribution in [0.2, 0.25) is 0 Å². The molecule has 7 nitrogen and oxygen atoms in total. The summed E-state index contributed by atoms with van der Waals surface area (Å²) in [6.07, 6.45) is 0.173. The van der Waals surface area contributed by atoms with Crippen molar-refractivity contribution >= 4 is 40.6 Å². The van der Waals surface area contributed by atoms with Crippen molar-refractivity contribution in [1.82, 2.24) is 14.8 Å². The average Bonchev–Trinajstić information content (AvgIpc) is 3.36. The topological polar surface area (TPSA) is 103 Å². The van der Waals surface area contributed by atoms with Crippen LogP contribution in [0.25, 0.3) is 10.7 Å². The van der Waals surface area contributed by atoms with E-state index in [-0.39, 0.29) is 12.3 Å². The zero-order chi connectivity index (χ0) is 21.7. The number of rotatable bonds is 9. The summed E-state index contributed by atoms with van der Waals surface area (Å²) in [5, 5.41) is 13.7. The number of nitrogens with one attached hydrogen (secondary N) is 1. The van der Waals surface area contributed by atoms with Crippen LogP contribution in [0.4, 0.5) is 5.69 Å². The fourth-order valence-corrected chi connectivity index (χ4v) is 4.54. The van der Waals surface area contributed by atoms with Gasteiger partial charge in [-0.05, 0) is 35.9 Å². The van der Waals surface area contributed by atoms with Crippen LogP contribution < -0.4 is 11.1 Å². The summed E-state index contributed by atoms with van der Waals surface area (Å²) >= 11 is 2.85. The second-order valence-electron chi connectivity index (χ2n) is 7.14. The van der Waals surface area contributed by atoms with E-state index in [4.69, 9.17) is 5.73 Å². The zero-order valence-corrected chi connectivity index (χ0v) is 18.8. The lowest BCUT2D eigenvalue weighted by atomic mass is 10.0. The molecule has 158 valence electrons. The van der Waals surface area contributed by atoms with Crippen LogP contribution in [0.15, 0.2) is 46.9 Å². The predicted octanol–water partition coefficient (Wildman–Crippen LogP) is 4.12. The van der Waals surface area contributed by atoms with Gasteiger partial charge in [0.1, 0.15) is 0 Å². The SMILES string of the molecule is CC(Sc1nnc(-c2cccs2)n1CCC(N)=O)C(=O)Nc1ccccc1C(C)C. The molecule has 3 aromatic rings. The third-order valence-corrected chi connectivity index (χ3v) is 6.48. The van der Waals surface area contributed by atoms with Crippen molar-refractivity contribution in [2.45, 2.75) is 50.1 Å². The van der Waals surface area contributed by atoms with Gasteiger partial charge in [-0.25, -0.2) is 0 Å². The minimum Gasteiger partial charge on any atom is -0.370 e. The van der Waals surface area contributed by atoms with Crippen molar-refractivity contribution in [2.75, 3.05) is 5.32 Å². The van der Waals surface area contributed by atoms with E-state index in [1.807, 2.05) is 53.3 Å². The molecule has 0 radical (unpaired) electrons. The molecule has 2 aromatic heterocycles. The Morgan fingerprint density at radius 1 is 1.17 bits per heavy atom. The van der Waals surface area contributed by atoms with Crippen LogP contribution in [0.1, 0.15) is 38.7 Å². The highest BCUT2D eigenvalue weighted by Crippen LogP contribution is 2.30. The molecule has 0 spiro atoms. The monoisotopic (exact) mass is 443 g/mol. The molecule has 3 N–H and O–H groups in total. The average molecular weight is 444 g/mol. The minimum atomic E-state index is -0.405. The van der Waals surface area contributed by atoms with Gasteiger partial charge in [0.05, 0.1) is 10.1 Å². The predicted molar refractivity (Wildman–Crippen MR) is 122 cm³/mol. The van der Waals surface area contributed by atoms with Gasteiger partial charge in [0.25, 0.3) is 0 Å². The first-order valence-electron chi connectivity index (χ1n) is 9.68. The highest BCUT2D eigenvalue weighted by atomic mass is 32.2. The van der Waals surface area contributed by atoms with E-state index in [2.05, 4.69) is 29.4 Å². The van der Waals surface area contributed by atoms with E-state index in [0.717, 1.165) is 16.1 Å². The summed E-state index contributed by atoms with van der Waals surface area (Å²) < 4.78 is 1.85. The van der Waals surface area contributed by atoms with Crippen molar-refractivity contribution in [3.05, 3.63) is 47.3 Å². The van der Waals surface area contributed by atoms with E-state index in [1.54, 1.807) is 11.3 Å². The number of thiophene rings is 1. The number of primary amides is 1. The number of carbonyl (C=O) groups excluding carboxylic acids is 2. The van der Waals surface area contributed by atoms with Crippen molar-refractivity contribution in [1.29, 1.82) is 0 Å². The molecular formula is C21H25N5O2S2. The van der Waals surface area contributed by atoms with E-state index < -0.39 is 11.2 Å². The maximum atomic E-state index is 12.8. The molecule has 0 bridgehead atoms. The number of amides is 2. The molecule has 30 heavy (non-hydrogen) atoms. The number of hydrogen-bond donors (Lipinski definition) is 2. The molecular weight excluding hydrogens is 418 g/mol. The number of nitrogens with two attached hydrogens (primary N) is 1. The number of anilines is 1. The third-order valence-electron chi connectivity index (χ3n) is 4.53. The second-order valence-corrected chi connectivity index (χ2v) is 9.40. The first kappa shape index (κ1) is 22.0. The maximum absolute atomic E-state index is 12.8. The fourth-order valence-electron chi connectivity index (χ4n) is 2.95. The van der Waals surface area contributed by atoms with Crippen LogP contribution in [-0.4, -0.2) is 31.8 Å². The molecule has 1 unspecified atom stereocenters. The number of thioether (sulfide) groups is 1. The maximum Gasteiger partial charge on any atom is 0.237 e. The first-order chi connectivity index (χ1) is 14.4. The Hall–Kier alpha value is -2.65. The van der Waals surface area contributed by atoms with E-state index in [0.29, 0.717) is 23.4 Å². The highest BCUT2D eigenvalue weighted by Gasteiger charge is 2.22. The Balaban J connectivity index is 1.78. The third kappa shape index (κ3) is 5.28. The number of carbonyl (C=O) groups is 2. The van der Waals surface area contributed by atoms with Gasteiger partial charge >= 0.3 is 0 Å². The van der Waals surface area contributed by atoms with Gasteiger partial charge in [-0.1, -0.05) is 49.9 Å². The fraction of sp³-hybridized carbons (Fsp3) is 0.333. The molecule has 0 aliphatic rings. The van der Waals surface area contributed by atoms with Gasteiger partial charge in [0.2, 0.25) is 11.8 Å². The van der Waals surface area contributed by atoms with Gasteiger partial charge < -0.3 is 15.6 Å². The number of aromatic nitrogens is 3. The summed E-state index contributed by atoms with van der Waals surface area (Å²) in [4.78, 5) is 25.1. The van der Waals surface area contributed by atoms with Crippen LogP contribution in [0.3, 0.4) is 0 Å². The Bertz CT molecular complexity index is 1010. The van der Waals surface area contributed by atoms with E-state index in [9.17, 15) is 9.59 Å². The van der Waals surface area contributed by atoms with Crippen LogP contribution in [0.5, 0.6) is 0 Å². The Morgan fingerprint density at radius 3 is 2.60 bits per heavy atom. The largest absolute Gasteiger partial charge is 0.370 e. The normalized spacial score (nSPS) is 12.1. The molecule has 0 fully saturated rings. The van der Waals surface area contributed by atoms with Gasteiger partial charge in [-0.3, -0.25) is 9.59 Å². The van der Waals surface area contributed by atoms with Crippen LogP contribution in [-0.2, 0) is 16.1 Å². The lowest BCUT2D eigenvalue weighted by Crippen LogP contribution is -2.24. The quantitative estimate of drug-likeness (QED) is 0.484. The lowest BCUT2D eigenvalue weighted by Gasteiger charge is -2.16. The van der Waals surface area contributed by atoms with Gasteiger partial charge in [0.15, 0.2) is 11.0 Å². The number of para-hydroxylation sites is 1. The van der Waals surface area contributed by atoms with Gasteiger partial charge in [0, 0.05) is 18.7 Å². The number of benzene rings is 1. The van der Waals surface area contributed by atoms with E-state index >= 15 is 0 Å². The molecule has 1 aromatic carbocycles. The minimum absolute atomic E-state index is 0.116. The molecule has 0 saturated carbocycles. The summed E-state index contributed by atoms with van der Waals surface area (Å²) in [5.41, 5.74) is 7.25. The molecule has 2 amide bonds. The molecule has 0 saturated heterocycles. The van der Waals surface area contributed by atoms with Gasteiger partial charge in [-0.2, -0.15) is 0 Å². The van der Waals surface area contributed by atoms with Crippen LogP contribution in [0, 0.1) is 0 Å². The summed E-state index contributed by atoms with van der Waals surface area (Å²) in [5.74, 6) is 0.462. The van der Waals surface area contributed by atoms with Crippen molar-refractivity contribution in [3.63, 3.8) is 0 Å². The smallest absolute Gasteiger partial charge is 0.237 e. The lowest BCUT2D eigenvalue weighted by molar-refractivity contribution is -0.118. The van der Waals surface area contributed by atoms with Gasteiger partial charge in [-0.15, -0.1) is 21.5 Å². The highest BCUT2D eigenvalue weighted by molar-refractivity contribution is 8.00. The molecule has 3 rings (SSSR count). The number of hydrogen-bond acceptors (Lipinski definition) is 6. The molecule has 2 heterocycles. The molecule has 9 heteroatoms. The standard InChI is InChI=1S/C21H25N5O2S2/c1-13(2)15-7-4-5-8-16(15)23-20(28)14(3)30-21-25-24-19(17-9-6-12-29-17)26(21)11-10-18(22)27/h4-9,12-14H,10-11H2,1-3H3,(H2,22,27)(H,23,28). The summed E-state index contributed by atoms with van der Waals surface area (Å²) in [7, 11) is 0. The van der Waals surface area contributed by atoms with E-state index in [1.165, 1.54) is 11.8 Å². The van der Waals surface area contributed by atoms with Crippen molar-refractivity contribution < 1.29 is 9.59 Å².